The molecule has 0 saturated heterocycles. The van der Waals surface area contributed by atoms with E-state index in [2.05, 4.69) is 9.98 Å². The Bertz CT molecular complexity index is 172. The molecule has 1 atom stereocenters. The van der Waals surface area contributed by atoms with Crippen molar-refractivity contribution in [2.75, 3.05) is 0 Å². The van der Waals surface area contributed by atoms with E-state index < -0.39 is 6.23 Å². The number of aliphatic hydroxyl groups is 1. The van der Waals surface area contributed by atoms with E-state index in [1.165, 1.54) is 0 Å². The largest absolute Gasteiger partial charge is 0.371 e. The van der Waals surface area contributed by atoms with Gasteiger partial charge in [0.05, 0.1) is 0 Å². The highest BCUT2D eigenvalue weighted by molar-refractivity contribution is 5.97. The summed E-state index contributed by atoms with van der Waals surface area (Å²) in [4.78, 5) is 7.86. The van der Waals surface area contributed by atoms with Gasteiger partial charge in [-0.1, -0.05) is 0 Å². The molecule has 1 heterocycles. The van der Waals surface area contributed by atoms with Crippen LogP contribution in [0, 0.1) is 0 Å². The first-order chi connectivity index (χ1) is 4.18. The lowest BCUT2D eigenvalue weighted by Crippen LogP contribution is -2.16. The lowest BCUT2D eigenvalue weighted by molar-refractivity contribution is 0.191. The van der Waals surface area contributed by atoms with Gasteiger partial charge in [-0.2, -0.15) is 0 Å². The maximum Gasteiger partial charge on any atom is 0.152 e. The number of rotatable bonds is 0. The average Bonchev–Trinajstić information content (AvgIpc) is 1.59. The number of hydrogen-bond acceptors (Lipinski definition) is 3. The molecule has 0 aliphatic carbocycles. The number of hydrogen-bond donors (Lipinski definition) is 1. The summed E-state index contributed by atoms with van der Waals surface area (Å²) in [6, 6.07) is 0. The lowest BCUT2D eigenvalue weighted by Gasteiger charge is -2.10. The molecular weight excluding hydrogens is 116 g/mol. The number of amidine groups is 1. The van der Waals surface area contributed by atoms with Gasteiger partial charge in [-0.25, -0.2) is 9.98 Å². The summed E-state index contributed by atoms with van der Waals surface area (Å²) in [6.07, 6.45) is 0.0275. The molecule has 3 nitrogen and oxygen atoms in total. The average molecular weight is 126 g/mol. The van der Waals surface area contributed by atoms with Crippen LogP contribution in [-0.2, 0) is 0 Å². The molecule has 0 bridgehead atoms. The van der Waals surface area contributed by atoms with Gasteiger partial charge in [0.2, 0.25) is 0 Å². The van der Waals surface area contributed by atoms with Gasteiger partial charge in [0, 0.05) is 12.1 Å². The number of nitrogens with zero attached hydrogens (tertiary/aromatic N) is 2. The van der Waals surface area contributed by atoms with Crippen molar-refractivity contribution < 1.29 is 5.11 Å². The topological polar surface area (TPSA) is 45.0 Å². The maximum atomic E-state index is 8.98. The van der Waals surface area contributed by atoms with Crippen LogP contribution in [0.25, 0.3) is 0 Å². The Labute approximate surface area is 54.1 Å². The van der Waals surface area contributed by atoms with Gasteiger partial charge in [0.1, 0.15) is 5.84 Å². The molecule has 1 rings (SSSR count). The van der Waals surface area contributed by atoms with Crippen LogP contribution in [0.1, 0.15) is 20.3 Å². The van der Waals surface area contributed by atoms with Gasteiger partial charge in [-0.05, 0) is 13.8 Å². The van der Waals surface area contributed by atoms with Crippen LogP contribution in [0.2, 0.25) is 0 Å². The standard InChI is InChI=1S/C6H10N2O/c1-4-3-6(9)8-5(2)7-4/h6,9H,3H2,1-2H3. The van der Waals surface area contributed by atoms with Crippen LogP contribution in [0.3, 0.4) is 0 Å². The van der Waals surface area contributed by atoms with Crippen molar-refractivity contribution in [2.45, 2.75) is 26.5 Å². The zero-order valence-corrected chi connectivity index (χ0v) is 5.63. The fraction of sp³-hybridized carbons (Fsp3) is 0.667. The van der Waals surface area contributed by atoms with Crippen LogP contribution >= 0.6 is 0 Å². The van der Waals surface area contributed by atoms with Crippen molar-refractivity contribution in [3.8, 4) is 0 Å². The van der Waals surface area contributed by atoms with Crippen LogP contribution in [0.15, 0.2) is 9.98 Å². The van der Waals surface area contributed by atoms with E-state index in [0.29, 0.717) is 12.3 Å². The molecule has 0 aromatic carbocycles. The monoisotopic (exact) mass is 126 g/mol. The van der Waals surface area contributed by atoms with Crippen molar-refractivity contribution in [1.29, 1.82) is 0 Å². The fourth-order valence-corrected chi connectivity index (χ4v) is 0.876. The number of aliphatic imine (C=N–C) groups is 2. The number of aliphatic hydroxyl groups excluding tert-OH is 1. The first-order valence-corrected chi connectivity index (χ1v) is 2.95. The van der Waals surface area contributed by atoms with Gasteiger partial charge in [-0.15, -0.1) is 0 Å². The summed E-state index contributed by atoms with van der Waals surface area (Å²) in [5.41, 5.74) is 0.954. The smallest absolute Gasteiger partial charge is 0.152 e. The van der Waals surface area contributed by atoms with Crippen molar-refractivity contribution in [1.82, 2.24) is 0 Å². The quantitative estimate of drug-likeness (QED) is 0.507. The third kappa shape index (κ3) is 1.61. The minimum absolute atomic E-state index is 0.553. The lowest BCUT2D eigenvalue weighted by atomic mass is 10.2. The molecule has 0 aromatic rings. The highest BCUT2D eigenvalue weighted by atomic mass is 16.3. The Morgan fingerprint density at radius 3 is 2.67 bits per heavy atom. The van der Waals surface area contributed by atoms with E-state index >= 15 is 0 Å². The van der Waals surface area contributed by atoms with E-state index in [1.807, 2.05) is 6.92 Å². The summed E-state index contributed by atoms with van der Waals surface area (Å²) in [6.45, 7) is 3.67. The minimum atomic E-state index is -0.553. The Morgan fingerprint density at radius 1 is 1.56 bits per heavy atom. The molecule has 9 heavy (non-hydrogen) atoms. The first kappa shape index (κ1) is 6.42. The molecule has 1 unspecified atom stereocenters. The molecule has 3 heteroatoms. The van der Waals surface area contributed by atoms with E-state index in [9.17, 15) is 0 Å². The van der Waals surface area contributed by atoms with Gasteiger partial charge in [0.15, 0.2) is 6.23 Å². The molecule has 1 N–H and O–H groups in total. The molecule has 50 valence electrons. The summed E-state index contributed by atoms with van der Waals surface area (Å²) in [7, 11) is 0. The molecule has 1 aliphatic heterocycles. The van der Waals surface area contributed by atoms with Crippen molar-refractivity contribution in [3.05, 3.63) is 0 Å². The molecule has 0 fully saturated rings. The first-order valence-electron chi connectivity index (χ1n) is 2.95. The molecule has 1 aliphatic rings. The second-order valence-electron chi connectivity index (χ2n) is 2.21. The summed E-state index contributed by atoms with van der Waals surface area (Å²) >= 11 is 0. The van der Waals surface area contributed by atoms with Crippen molar-refractivity contribution in [3.63, 3.8) is 0 Å². The zero-order valence-electron chi connectivity index (χ0n) is 5.63. The molecule has 0 spiro atoms. The minimum Gasteiger partial charge on any atom is -0.371 e. The van der Waals surface area contributed by atoms with E-state index in [4.69, 9.17) is 5.11 Å². The highest BCUT2D eigenvalue weighted by Crippen LogP contribution is 2.03. The summed E-state index contributed by atoms with van der Waals surface area (Å²) < 4.78 is 0. The third-order valence-corrected chi connectivity index (χ3v) is 1.17. The zero-order chi connectivity index (χ0) is 6.85. The molecule has 0 aromatic heterocycles. The molecule has 0 radical (unpaired) electrons. The van der Waals surface area contributed by atoms with Crippen LogP contribution in [0.4, 0.5) is 0 Å². The van der Waals surface area contributed by atoms with Crippen LogP contribution in [-0.4, -0.2) is 22.9 Å². The third-order valence-electron chi connectivity index (χ3n) is 1.17. The highest BCUT2D eigenvalue weighted by Gasteiger charge is 2.08. The SMILES string of the molecule is CC1=NC(C)=NC(O)C1. The Balaban J connectivity index is 2.74. The van der Waals surface area contributed by atoms with E-state index in [0.717, 1.165) is 5.71 Å². The van der Waals surface area contributed by atoms with Crippen molar-refractivity contribution >= 4 is 11.5 Å². The van der Waals surface area contributed by atoms with Crippen LogP contribution < -0.4 is 0 Å². The van der Waals surface area contributed by atoms with Crippen molar-refractivity contribution in [2.24, 2.45) is 9.98 Å². The molecule has 0 amide bonds. The van der Waals surface area contributed by atoms with Crippen LogP contribution in [0.5, 0.6) is 0 Å². The summed E-state index contributed by atoms with van der Waals surface area (Å²) in [5, 5.41) is 8.98. The molecule has 0 saturated carbocycles. The predicted molar refractivity (Wildman–Crippen MR) is 36.8 cm³/mol. The Kier molecular flexibility index (Phi) is 1.62. The van der Waals surface area contributed by atoms with Gasteiger partial charge in [0.25, 0.3) is 0 Å². The van der Waals surface area contributed by atoms with Gasteiger partial charge >= 0.3 is 0 Å². The fourth-order valence-electron chi connectivity index (χ4n) is 0.876. The second-order valence-corrected chi connectivity index (χ2v) is 2.21. The second kappa shape index (κ2) is 2.27. The van der Waals surface area contributed by atoms with E-state index in [-0.39, 0.29) is 0 Å². The summed E-state index contributed by atoms with van der Waals surface area (Å²) in [5.74, 6) is 0.672. The van der Waals surface area contributed by atoms with E-state index in [1.54, 1.807) is 6.92 Å². The maximum absolute atomic E-state index is 8.98. The van der Waals surface area contributed by atoms with Gasteiger partial charge < -0.3 is 5.11 Å². The Morgan fingerprint density at radius 2 is 2.22 bits per heavy atom. The Hall–Kier alpha value is -0.700. The molecular formula is C6H10N2O. The van der Waals surface area contributed by atoms with Gasteiger partial charge in [-0.3, -0.25) is 0 Å². The predicted octanol–water partition coefficient (Wildman–Crippen LogP) is 0.588. The normalized spacial score (nSPS) is 27.2.